The quantitative estimate of drug-likeness (QED) is 0.278. The van der Waals surface area contributed by atoms with Crippen LogP contribution in [0.15, 0.2) is 67.3 Å². The lowest BCUT2D eigenvalue weighted by atomic mass is 10.1. The highest BCUT2D eigenvalue weighted by molar-refractivity contribution is 5.82. The predicted molar refractivity (Wildman–Crippen MR) is 112 cm³/mol. The Hall–Kier alpha value is -2.92. The van der Waals surface area contributed by atoms with Crippen LogP contribution < -0.4 is 0 Å². The van der Waals surface area contributed by atoms with Gasteiger partial charge in [-0.15, -0.1) is 6.58 Å². The summed E-state index contributed by atoms with van der Waals surface area (Å²) in [5.41, 5.74) is 5.24. The number of rotatable bonds is 6. The zero-order valence-electron chi connectivity index (χ0n) is 15.7. The Labute approximate surface area is 161 Å². The van der Waals surface area contributed by atoms with E-state index in [2.05, 4.69) is 48.8 Å². The second-order valence-electron chi connectivity index (χ2n) is 6.77. The topological polar surface area (TPSA) is 12.9 Å². The van der Waals surface area contributed by atoms with Crippen molar-refractivity contribution in [2.45, 2.75) is 38.8 Å². The van der Waals surface area contributed by atoms with E-state index < -0.39 is 6.17 Å². The van der Waals surface area contributed by atoms with Gasteiger partial charge in [0.25, 0.3) is 0 Å². The number of hydrogen-bond acceptors (Lipinski definition) is 1. The van der Waals surface area contributed by atoms with E-state index in [0.717, 1.165) is 47.0 Å². The van der Waals surface area contributed by atoms with Crippen molar-refractivity contribution in [1.29, 1.82) is 0 Å². The van der Waals surface area contributed by atoms with Crippen molar-refractivity contribution in [3.8, 4) is 23.1 Å². The minimum Gasteiger partial charge on any atom is -0.248 e. The first kappa shape index (κ1) is 18.9. The summed E-state index contributed by atoms with van der Waals surface area (Å²) in [7, 11) is 0. The maximum atomic E-state index is 12.8. The number of pyridine rings is 1. The zero-order chi connectivity index (χ0) is 19.1. The van der Waals surface area contributed by atoms with Gasteiger partial charge < -0.3 is 0 Å². The van der Waals surface area contributed by atoms with E-state index in [1.54, 1.807) is 6.92 Å². The molecule has 0 radical (unpaired) electrons. The van der Waals surface area contributed by atoms with Crippen LogP contribution in [0.3, 0.4) is 0 Å². The summed E-state index contributed by atoms with van der Waals surface area (Å²) < 4.78 is 12.8. The van der Waals surface area contributed by atoms with E-state index in [1.165, 1.54) is 5.56 Å². The van der Waals surface area contributed by atoms with Gasteiger partial charge in [0, 0.05) is 22.9 Å². The molecule has 27 heavy (non-hydrogen) atoms. The summed E-state index contributed by atoms with van der Waals surface area (Å²) in [5.74, 6) is 6.26. The standard InChI is InChI=1S/C25H24FN/c1-3-7-21-12-16-25-23(18-21)15-17-24(27-25)22-13-10-20(11-14-22)9-6-4-5-8-19(2)26/h3,10-19H,1,4-5,7-8H2,2H3. The summed E-state index contributed by atoms with van der Waals surface area (Å²) in [6, 6.07) is 18.6. The molecule has 3 rings (SSSR count). The molecule has 1 atom stereocenters. The maximum Gasteiger partial charge on any atom is 0.0973 e. The third-order valence-electron chi connectivity index (χ3n) is 4.45. The average Bonchev–Trinajstić information content (AvgIpc) is 2.68. The monoisotopic (exact) mass is 357 g/mol. The number of aromatic nitrogens is 1. The fourth-order valence-electron chi connectivity index (χ4n) is 2.99. The van der Waals surface area contributed by atoms with Gasteiger partial charge in [0.05, 0.1) is 17.4 Å². The first-order valence-corrected chi connectivity index (χ1v) is 9.39. The fraction of sp³-hybridized carbons (Fsp3) is 0.240. The van der Waals surface area contributed by atoms with Crippen LogP contribution in [0, 0.1) is 11.8 Å². The minimum atomic E-state index is -0.742. The van der Waals surface area contributed by atoms with Crippen LogP contribution in [-0.2, 0) is 6.42 Å². The van der Waals surface area contributed by atoms with Crippen molar-refractivity contribution in [2.24, 2.45) is 0 Å². The summed E-state index contributed by atoms with van der Waals surface area (Å²) in [5, 5.41) is 1.14. The second kappa shape index (κ2) is 9.14. The molecule has 1 aromatic heterocycles. The van der Waals surface area contributed by atoms with Crippen molar-refractivity contribution in [3.05, 3.63) is 78.4 Å². The molecule has 0 amide bonds. The Morgan fingerprint density at radius 3 is 2.67 bits per heavy atom. The Morgan fingerprint density at radius 1 is 1.11 bits per heavy atom. The molecule has 0 aliphatic carbocycles. The molecule has 136 valence electrons. The number of halogens is 1. The fourth-order valence-corrected chi connectivity index (χ4v) is 2.99. The third-order valence-corrected chi connectivity index (χ3v) is 4.45. The molecular formula is C25H24FN. The van der Waals surface area contributed by atoms with E-state index in [4.69, 9.17) is 4.98 Å². The van der Waals surface area contributed by atoms with Crippen LogP contribution >= 0.6 is 0 Å². The van der Waals surface area contributed by atoms with Crippen molar-refractivity contribution in [2.75, 3.05) is 0 Å². The SMILES string of the molecule is C=CCc1ccc2nc(-c3ccc(C#CCCCC(C)F)cc3)ccc2c1. The third kappa shape index (κ3) is 5.28. The Morgan fingerprint density at radius 2 is 1.93 bits per heavy atom. The van der Waals surface area contributed by atoms with E-state index in [1.807, 2.05) is 30.3 Å². The first-order chi connectivity index (χ1) is 13.2. The summed E-state index contributed by atoms with van der Waals surface area (Å²) in [6.45, 7) is 5.38. The van der Waals surface area contributed by atoms with Gasteiger partial charge in [-0.25, -0.2) is 9.37 Å². The minimum absolute atomic E-state index is 0.580. The molecule has 0 N–H and O–H groups in total. The Kier molecular flexibility index (Phi) is 6.39. The van der Waals surface area contributed by atoms with Crippen LogP contribution in [0.25, 0.3) is 22.2 Å². The van der Waals surface area contributed by atoms with Crippen molar-refractivity contribution >= 4 is 10.9 Å². The first-order valence-electron chi connectivity index (χ1n) is 9.39. The summed E-state index contributed by atoms with van der Waals surface area (Å²) in [4.78, 5) is 4.78. The van der Waals surface area contributed by atoms with Gasteiger partial charge in [-0.1, -0.05) is 42.2 Å². The molecule has 0 spiro atoms. The van der Waals surface area contributed by atoms with Gasteiger partial charge >= 0.3 is 0 Å². The Balaban J connectivity index is 1.72. The van der Waals surface area contributed by atoms with Gasteiger partial charge in [0.15, 0.2) is 0 Å². The van der Waals surface area contributed by atoms with Crippen LogP contribution in [-0.4, -0.2) is 11.2 Å². The van der Waals surface area contributed by atoms with E-state index in [-0.39, 0.29) is 0 Å². The molecule has 0 aliphatic heterocycles. The number of alkyl halides is 1. The molecular weight excluding hydrogens is 333 g/mol. The second-order valence-corrected chi connectivity index (χ2v) is 6.77. The molecule has 1 nitrogen and oxygen atoms in total. The van der Waals surface area contributed by atoms with Gasteiger partial charge in [-0.3, -0.25) is 0 Å². The molecule has 2 aromatic carbocycles. The number of fused-ring (bicyclic) bond motifs is 1. The summed E-state index contributed by atoms with van der Waals surface area (Å²) >= 11 is 0. The largest absolute Gasteiger partial charge is 0.248 e. The maximum absolute atomic E-state index is 12.8. The number of allylic oxidation sites excluding steroid dienone is 1. The van der Waals surface area contributed by atoms with Gasteiger partial charge in [-0.2, -0.15) is 0 Å². The zero-order valence-corrected chi connectivity index (χ0v) is 15.7. The lowest BCUT2D eigenvalue weighted by Gasteiger charge is -2.05. The summed E-state index contributed by atoms with van der Waals surface area (Å²) in [6.07, 6.45) is 4.15. The number of nitrogens with zero attached hydrogens (tertiary/aromatic N) is 1. The lowest BCUT2D eigenvalue weighted by Crippen LogP contribution is -1.90. The van der Waals surface area contributed by atoms with Gasteiger partial charge in [0.2, 0.25) is 0 Å². The van der Waals surface area contributed by atoms with Crippen LogP contribution in [0.4, 0.5) is 4.39 Å². The molecule has 0 saturated heterocycles. The molecule has 0 aliphatic rings. The van der Waals surface area contributed by atoms with Crippen LogP contribution in [0.2, 0.25) is 0 Å². The van der Waals surface area contributed by atoms with Crippen molar-refractivity contribution in [3.63, 3.8) is 0 Å². The van der Waals surface area contributed by atoms with Crippen molar-refractivity contribution < 1.29 is 4.39 Å². The smallest absolute Gasteiger partial charge is 0.0973 e. The van der Waals surface area contributed by atoms with Gasteiger partial charge in [0.1, 0.15) is 0 Å². The van der Waals surface area contributed by atoms with Crippen LogP contribution in [0.1, 0.15) is 37.3 Å². The molecule has 1 heterocycles. The Bertz CT molecular complexity index is 975. The molecule has 3 aromatic rings. The van der Waals surface area contributed by atoms with E-state index in [0.29, 0.717) is 6.42 Å². The average molecular weight is 357 g/mol. The molecule has 0 fully saturated rings. The molecule has 2 heteroatoms. The molecule has 0 bridgehead atoms. The normalized spacial score (nSPS) is 11.6. The number of unbranched alkanes of at least 4 members (excludes halogenated alkanes) is 1. The van der Waals surface area contributed by atoms with Gasteiger partial charge in [-0.05, 0) is 62.1 Å². The number of benzene rings is 2. The molecule has 1 unspecified atom stereocenters. The highest BCUT2D eigenvalue weighted by Crippen LogP contribution is 2.22. The van der Waals surface area contributed by atoms with Crippen LogP contribution in [0.5, 0.6) is 0 Å². The van der Waals surface area contributed by atoms with E-state index in [9.17, 15) is 4.39 Å². The highest BCUT2D eigenvalue weighted by Gasteiger charge is 2.03. The number of hydrogen-bond donors (Lipinski definition) is 0. The predicted octanol–water partition coefficient (Wildman–Crippen LogP) is 6.51. The molecule has 0 saturated carbocycles. The lowest BCUT2D eigenvalue weighted by molar-refractivity contribution is 0.336. The van der Waals surface area contributed by atoms with Crippen molar-refractivity contribution in [1.82, 2.24) is 4.98 Å². The highest BCUT2D eigenvalue weighted by atomic mass is 19.1. The van der Waals surface area contributed by atoms with E-state index >= 15 is 0 Å².